The number of carbonyl (C=O) groups excluding carboxylic acids is 2. The molecule has 3 aromatic carbocycles. The van der Waals surface area contributed by atoms with E-state index in [-0.39, 0.29) is 23.4 Å². The largest absolute Gasteiger partial charge is 0.350 e. The molecular formula is C24H17Cl2FN2O2. The molecule has 0 fully saturated rings. The van der Waals surface area contributed by atoms with E-state index in [4.69, 9.17) is 23.2 Å². The number of rotatable bonds is 5. The Morgan fingerprint density at radius 2 is 1.61 bits per heavy atom. The Kier molecular flexibility index (Phi) is 5.81. The molecule has 0 radical (unpaired) electrons. The van der Waals surface area contributed by atoms with E-state index in [0.717, 1.165) is 10.5 Å². The van der Waals surface area contributed by atoms with Crippen LogP contribution < -0.4 is 5.32 Å². The number of anilines is 1. The maximum absolute atomic E-state index is 14.2. The van der Waals surface area contributed by atoms with Crippen molar-refractivity contribution in [2.24, 2.45) is 0 Å². The van der Waals surface area contributed by atoms with Gasteiger partial charge in [-0.3, -0.25) is 14.5 Å². The highest BCUT2D eigenvalue weighted by Gasteiger charge is 2.39. The molecule has 1 heterocycles. The van der Waals surface area contributed by atoms with E-state index in [1.807, 2.05) is 6.92 Å². The lowest BCUT2D eigenvalue weighted by molar-refractivity contribution is -0.137. The van der Waals surface area contributed by atoms with Crippen LogP contribution in [0.2, 0.25) is 10.0 Å². The highest BCUT2D eigenvalue weighted by Crippen LogP contribution is 2.34. The minimum atomic E-state index is -0.544. The van der Waals surface area contributed by atoms with Gasteiger partial charge in [-0.05, 0) is 48.4 Å². The fourth-order valence-corrected chi connectivity index (χ4v) is 3.70. The average molecular weight is 455 g/mol. The van der Waals surface area contributed by atoms with Crippen LogP contribution in [0.4, 0.5) is 10.1 Å². The van der Waals surface area contributed by atoms with Crippen molar-refractivity contribution in [2.45, 2.75) is 13.5 Å². The molecule has 0 saturated heterocycles. The monoisotopic (exact) mass is 454 g/mol. The summed E-state index contributed by atoms with van der Waals surface area (Å²) in [6.07, 6.45) is 0. The Labute approximate surface area is 188 Å². The lowest BCUT2D eigenvalue weighted by Crippen LogP contribution is -2.32. The van der Waals surface area contributed by atoms with E-state index in [0.29, 0.717) is 21.3 Å². The van der Waals surface area contributed by atoms with Gasteiger partial charge in [0.05, 0.1) is 12.1 Å². The number of halogens is 3. The molecule has 0 aromatic heterocycles. The maximum atomic E-state index is 14.2. The molecule has 0 aliphatic carbocycles. The number of hydrogen-bond donors (Lipinski definition) is 1. The van der Waals surface area contributed by atoms with Crippen molar-refractivity contribution >= 4 is 46.3 Å². The smallest absolute Gasteiger partial charge is 0.278 e. The number of carbonyl (C=O) groups is 2. The number of hydrogen-bond acceptors (Lipinski definition) is 3. The number of benzene rings is 3. The van der Waals surface area contributed by atoms with Crippen LogP contribution >= 0.6 is 23.2 Å². The molecule has 2 amide bonds. The second-order valence-electron chi connectivity index (χ2n) is 7.08. The zero-order valence-electron chi connectivity index (χ0n) is 16.5. The van der Waals surface area contributed by atoms with Crippen LogP contribution in [-0.2, 0) is 16.1 Å². The molecule has 156 valence electrons. The van der Waals surface area contributed by atoms with Gasteiger partial charge in [0.2, 0.25) is 0 Å². The first-order valence-electron chi connectivity index (χ1n) is 9.48. The average Bonchev–Trinajstić information content (AvgIpc) is 2.98. The molecule has 4 rings (SSSR count). The van der Waals surface area contributed by atoms with Crippen molar-refractivity contribution in [1.29, 1.82) is 0 Å². The molecule has 0 saturated carbocycles. The molecular weight excluding hydrogens is 438 g/mol. The van der Waals surface area contributed by atoms with Crippen LogP contribution in [0.5, 0.6) is 0 Å². The summed E-state index contributed by atoms with van der Waals surface area (Å²) in [7, 11) is 0. The van der Waals surface area contributed by atoms with Crippen LogP contribution in [0.3, 0.4) is 0 Å². The molecule has 1 aliphatic rings. The van der Waals surface area contributed by atoms with Gasteiger partial charge in [0.25, 0.3) is 11.8 Å². The Hall–Kier alpha value is -3.15. The lowest BCUT2D eigenvalue weighted by atomic mass is 10.0. The zero-order chi connectivity index (χ0) is 22.1. The summed E-state index contributed by atoms with van der Waals surface area (Å²) in [6, 6.07) is 17.9. The fourth-order valence-electron chi connectivity index (χ4n) is 3.39. The molecule has 1 aliphatic heterocycles. The van der Waals surface area contributed by atoms with Gasteiger partial charge in [0.15, 0.2) is 0 Å². The SMILES string of the molecule is Cc1c(Cl)cccc1NC1=C(c2ccc(Cl)cc2)C(=O)N(Cc2ccccc2F)C1=O. The van der Waals surface area contributed by atoms with Gasteiger partial charge in [-0.25, -0.2) is 4.39 Å². The molecule has 3 aromatic rings. The van der Waals surface area contributed by atoms with E-state index in [9.17, 15) is 14.0 Å². The first kappa shape index (κ1) is 21.1. The summed E-state index contributed by atoms with van der Waals surface area (Å²) >= 11 is 12.2. The summed E-state index contributed by atoms with van der Waals surface area (Å²) in [6.45, 7) is 1.63. The molecule has 31 heavy (non-hydrogen) atoms. The van der Waals surface area contributed by atoms with Crippen molar-refractivity contribution in [3.8, 4) is 0 Å². The van der Waals surface area contributed by atoms with Crippen molar-refractivity contribution < 1.29 is 14.0 Å². The fraction of sp³-hybridized carbons (Fsp3) is 0.0833. The molecule has 7 heteroatoms. The summed E-state index contributed by atoms with van der Waals surface area (Å²) in [5.41, 5.74) is 2.41. The van der Waals surface area contributed by atoms with Gasteiger partial charge < -0.3 is 5.32 Å². The number of nitrogens with one attached hydrogen (secondary N) is 1. The Morgan fingerprint density at radius 1 is 0.903 bits per heavy atom. The molecule has 0 spiro atoms. The predicted octanol–water partition coefficient (Wildman–Crippen LogP) is 5.83. The van der Waals surface area contributed by atoms with Crippen molar-refractivity contribution in [2.75, 3.05) is 5.32 Å². The van der Waals surface area contributed by atoms with Crippen LogP contribution in [0.1, 0.15) is 16.7 Å². The summed E-state index contributed by atoms with van der Waals surface area (Å²) in [4.78, 5) is 27.6. The van der Waals surface area contributed by atoms with Crippen LogP contribution in [0, 0.1) is 12.7 Å². The number of nitrogens with zero attached hydrogens (tertiary/aromatic N) is 1. The Bertz CT molecular complexity index is 1220. The quantitative estimate of drug-likeness (QED) is 0.493. The molecule has 0 bridgehead atoms. The standard InChI is InChI=1S/C24H17Cl2FN2O2/c1-14-18(26)6-4-8-20(14)28-22-21(15-9-11-17(25)12-10-15)23(30)29(24(22)31)13-16-5-2-3-7-19(16)27/h2-12,28H,13H2,1H3. The van der Waals surface area contributed by atoms with Crippen molar-refractivity contribution in [3.05, 3.63) is 105 Å². The highest BCUT2D eigenvalue weighted by molar-refractivity contribution is 6.37. The Morgan fingerprint density at radius 3 is 2.32 bits per heavy atom. The van der Waals surface area contributed by atoms with Crippen molar-refractivity contribution in [3.63, 3.8) is 0 Å². The third kappa shape index (κ3) is 4.07. The third-order valence-corrected chi connectivity index (χ3v) is 5.78. The first-order chi connectivity index (χ1) is 14.9. The van der Waals surface area contributed by atoms with E-state index >= 15 is 0 Å². The Balaban J connectivity index is 1.78. The first-order valence-corrected chi connectivity index (χ1v) is 10.2. The minimum absolute atomic E-state index is 0.106. The van der Waals surface area contributed by atoms with E-state index in [1.54, 1.807) is 60.7 Å². The van der Waals surface area contributed by atoms with E-state index in [1.165, 1.54) is 6.07 Å². The molecule has 0 atom stereocenters. The topological polar surface area (TPSA) is 49.4 Å². The van der Waals surface area contributed by atoms with Crippen molar-refractivity contribution in [1.82, 2.24) is 4.90 Å². The predicted molar refractivity (Wildman–Crippen MR) is 120 cm³/mol. The molecule has 4 nitrogen and oxygen atoms in total. The molecule has 0 unspecified atom stereocenters. The third-order valence-electron chi connectivity index (χ3n) is 5.11. The highest BCUT2D eigenvalue weighted by atomic mass is 35.5. The van der Waals surface area contributed by atoms with Gasteiger partial charge in [0.1, 0.15) is 11.5 Å². The van der Waals surface area contributed by atoms with Gasteiger partial charge in [-0.1, -0.05) is 59.6 Å². The lowest BCUT2D eigenvalue weighted by Gasteiger charge is -2.16. The van der Waals surface area contributed by atoms with Crippen LogP contribution in [0.15, 0.2) is 72.4 Å². The number of imide groups is 1. The zero-order valence-corrected chi connectivity index (χ0v) is 18.0. The second-order valence-corrected chi connectivity index (χ2v) is 7.93. The molecule has 1 N–H and O–H groups in total. The normalized spacial score (nSPS) is 13.9. The minimum Gasteiger partial charge on any atom is -0.350 e. The summed E-state index contributed by atoms with van der Waals surface area (Å²) < 4.78 is 14.2. The summed E-state index contributed by atoms with van der Waals surface area (Å²) in [5.74, 6) is -1.54. The maximum Gasteiger partial charge on any atom is 0.278 e. The van der Waals surface area contributed by atoms with E-state index < -0.39 is 17.6 Å². The van der Waals surface area contributed by atoms with Crippen LogP contribution in [-0.4, -0.2) is 16.7 Å². The second kappa shape index (κ2) is 8.53. The number of amides is 2. The summed E-state index contributed by atoms with van der Waals surface area (Å²) in [5, 5.41) is 4.11. The van der Waals surface area contributed by atoms with Gasteiger partial charge in [-0.2, -0.15) is 0 Å². The van der Waals surface area contributed by atoms with Crippen LogP contribution in [0.25, 0.3) is 5.57 Å². The van der Waals surface area contributed by atoms with E-state index in [2.05, 4.69) is 5.32 Å². The van der Waals surface area contributed by atoms with Gasteiger partial charge in [0, 0.05) is 21.3 Å². The van der Waals surface area contributed by atoms with Gasteiger partial charge in [-0.15, -0.1) is 0 Å². The van der Waals surface area contributed by atoms with Gasteiger partial charge >= 0.3 is 0 Å².